The van der Waals surface area contributed by atoms with Crippen molar-refractivity contribution in [2.45, 2.75) is 33.6 Å². The van der Waals surface area contributed by atoms with Gasteiger partial charge in [-0.3, -0.25) is 0 Å². The molecule has 0 aliphatic rings. The van der Waals surface area contributed by atoms with Gasteiger partial charge >= 0.3 is 11.9 Å². The Balaban J connectivity index is 1.80. The number of rotatable bonds is 7. The van der Waals surface area contributed by atoms with E-state index in [0.717, 1.165) is 33.9 Å². The van der Waals surface area contributed by atoms with Gasteiger partial charge in [0.2, 0.25) is 0 Å². The Morgan fingerprint density at radius 1 is 1.00 bits per heavy atom. The first-order chi connectivity index (χ1) is 13.8. The van der Waals surface area contributed by atoms with Crippen molar-refractivity contribution in [2.24, 2.45) is 0 Å². The third-order valence-electron chi connectivity index (χ3n) is 4.65. The second-order valence-electron chi connectivity index (χ2n) is 7.19. The number of carbonyl (C=O) groups excluding carboxylic acids is 2. The van der Waals surface area contributed by atoms with Gasteiger partial charge in [0.05, 0.1) is 6.61 Å². The normalized spacial score (nSPS) is 10.9. The van der Waals surface area contributed by atoms with E-state index in [9.17, 15) is 9.59 Å². The van der Waals surface area contributed by atoms with Crippen LogP contribution in [0.2, 0.25) is 0 Å². The SMILES string of the molecule is C=C(C)C(=O)OCCCc1ccc2c(c1)oc1c(C)c(OC(=O)C(=C)C)ccc12. The standard InChI is InChI=1S/C24H24O5/c1-14(2)23(25)27-12-6-7-17-8-9-18-19-10-11-20(29-24(26)15(3)4)16(5)22(19)28-21(18)13-17/h8-11,13H,1,3,6-7,12H2,2,4-5H3. The molecule has 150 valence electrons. The van der Waals surface area contributed by atoms with E-state index in [-0.39, 0.29) is 5.97 Å². The summed E-state index contributed by atoms with van der Waals surface area (Å²) in [7, 11) is 0. The third-order valence-corrected chi connectivity index (χ3v) is 4.65. The molecule has 2 aromatic carbocycles. The molecule has 0 saturated heterocycles. The molecule has 29 heavy (non-hydrogen) atoms. The minimum Gasteiger partial charge on any atom is -0.462 e. The molecule has 0 atom stereocenters. The second kappa shape index (κ2) is 8.35. The van der Waals surface area contributed by atoms with Gasteiger partial charge in [-0.15, -0.1) is 0 Å². The number of hydrogen-bond donors (Lipinski definition) is 0. The largest absolute Gasteiger partial charge is 0.462 e. The van der Waals surface area contributed by atoms with Crippen LogP contribution in [-0.2, 0) is 20.7 Å². The van der Waals surface area contributed by atoms with E-state index in [0.29, 0.717) is 35.5 Å². The molecule has 0 aliphatic carbocycles. The van der Waals surface area contributed by atoms with Crippen molar-refractivity contribution < 1.29 is 23.5 Å². The molecule has 0 N–H and O–H groups in total. The predicted octanol–water partition coefficient (Wildman–Crippen LogP) is 5.43. The summed E-state index contributed by atoms with van der Waals surface area (Å²) in [5.74, 6) is -0.362. The number of ether oxygens (including phenoxy) is 2. The molecule has 5 heteroatoms. The van der Waals surface area contributed by atoms with Crippen LogP contribution in [-0.4, -0.2) is 18.5 Å². The molecule has 5 nitrogen and oxygen atoms in total. The van der Waals surface area contributed by atoms with E-state index in [1.54, 1.807) is 19.9 Å². The van der Waals surface area contributed by atoms with Crippen molar-refractivity contribution in [3.05, 3.63) is 65.8 Å². The molecule has 0 aliphatic heterocycles. The summed E-state index contributed by atoms with van der Waals surface area (Å²) in [5.41, 5.74) is 4.06. The van der Waals surface area contributed by atoms with Gasteiger partial charge in [0.25, 0.3) is 0 Å². The van der Waals surface area contributed by atoms with E-state index >= 15 is 0 Å². The molecule has 1 aromatic heterocycles. The van der Waals surface area contributed by atoms with Crippen molar-refractivity contribution in [3.8, 4) is 5.75 Å². The zero-order chi connectivity index (χ0) is 21.1. The summed E-state index contributed by atoms with van der Waals surface area (Å²) in [6.45, 7) is 12.6. The molecule has 1 heterocycles. The van der Waals surface area contributed by atoms with Crippen LogP contribution in [0.1, 0.15) is 31.4 Å². The van der Waals surface area contributed by atoms with Gasteiger partial charge in [-0.25, -0.2) is 9.59 Å². The van der Waals surface area contributed by atoms with Crippen molar-refractivity contribution in [2.75, 3.05) is 6.61 Å². The van der Waals surface area contributed by atoms with Crippen molar-refractivity contribution in [3.63, 3.8) is 0 Å². The first-order valence-corrected chi connectivity index (χ1v) is 9.43. The first kappa shape index (κ1) is 20.4. The fourth-order valence-corrected chi connectivity index (χ4v) is 3.02. The fourth-order valence-electron chi connectivity index (χ4n) is 3.02. The highest BCUT2D eigenvalue weighted by molar-refractivity contribution is 6.06. The third kappa shape index (κ3) is 4.40. The van der Waals surface area contributed by atoms with Gasteiger partial charge < -0.3 is 13.9 Å². The lowest BCUT2D eigenvalue weighted by molar-refractivity contribution is -0.139. The van der Waals surface area contributed by atoms with Gasteiger partial charge in [-0.1, -0.05) is 25.3 Å². The maximum absolute atomic E-state index is 11.8. The average Bonchev–Trinajstić information content (AvgIpc) is 3.05. The van der Waals surface area contributed by atoms with Crippen LogP contribution < -0.4 is 4.74 Å². The molecule has 3 rings (SSSR count). The van der Waals surface area contributed by atoms with E-state index < -0.39 is 5.97 Å². The van der Waals surface area contributed by atoms with Gasteiger partial charge in [0, 0.05) is 27.5 Å². The minimum atomic E-state index is -0.460. The Hall–Kier alpha value is -3.34. The van der Waals surface area contributed by atoms with Crippen LogP contribution >= 0.6 is 0 Å². The van der Waals surface area contributed by atoms with E-state index in [4.69, 9.17) is 13.9 Å². The van der Waals surface area contributed by atoms with E-state index in [1.165, 1.54) is 0 Å². The van der Waals surface area contributed by atoms with Crippen LogP contribution in [0.3, 0.4) is 0 Å². The van der Waals surface area contributed by atoms with Gasteiger partial charge in [-0.05, 0) is 57.4 Å². The lowest BCUT2D eigenvalue weighted by atomic mass is 10.1. The van der Waals surface area contributed by atoms with Crippen molar-refractivity contribution >= 4 is 33.9 Å². The monoisotopic (exact) mass is 392 g/mol. The van der Waals surface area contributed by atoms with Crippen molar-refractivity contribution in [1.29, 1.82) is 0 Å². The van der Waals surface area contributed by atoms with Crippen LogP contribution in [0, 0.1) is 6.92 Å². The Morgan fingerprint density at radius 2 is 1.69 bits per heavy atom. The van der Waals surface area contributed by atoms with Gasteiger partial charge in [0.1, 0.15) is 16.9 Å². The Kier molecular flexibility index (Phi) is 5.87. The zero-order valence-electron chi connectivity index (χ0n) is 17.0. The predicted molar refractivity (Wildman–Crippen MR) is 113 cm³/mol. The van der Waals surface area contributed by atoms with Crippen LogP contribution in [0.5, 0.6) is 5.75 Å². The Bertz CT molecular complexity index is 1130. The number of hydrogen-bond acceptors (Lipinski definition) is 5. The highest BCUT2D eigenvalue weighted by Crippen LogP contribution is 2.35. The number of furan rings is 1. The molecule has 0 unspecified atom stereocenters. The van der Waals surface area contributed by atoms with Gasteiger partial charge in [0.15, 0.2) is 0 Å². The molecule has 0 bridgehead atoms. The molecular weight excluding hydrogens is 368 g/mol. The average molecular weight is 392 g/mol. The maximum Gasteiger partial charge on any atom is 0.338 e. The lowest BCUT2D eigenvalue weighted by Crippen LogP contribution is -2.08. The highest BCUT2D eigenvalue weighted by Gasteiger charge is 2.15. The Labute approximate surface area is 169 Å². The van der Waals surface area contributed by atoms with Gasteiger partial charge in [-0.2, -0.15) is 0 Å². The highest BCUT2D eigenvalue weighted by atomic mass is 16.5. The molecule has 0 amide bonds. The van der Waals surface area contributed by atoms with Crippen LogP contribution in [0.15, 0.2) is 59.1 Å². The van der Waals surface area contributed by atoms with E-state index in [2.05, 4.69) is 13.2 Å². The maximum atomic E-state index is 11.8. The first-order valence-electron chi connectivity index (χ1n) is 9.43. The summed E-state index contributed by atoms with van der Waals surface area (Å²) in [5, 5.41) is 1.97. The smallest absolute Gasteiger partial charge is 0.338 e. The lowest BCUT2D eigenvalue weighted by Gasteiger charge is -2.07. The van der Waals surface area contributed by atoms with E-state index in [1.807, 2.05) is 31.2 Å². The second-order valence-corrected chi connectivity index (χ2v) is 7.19. The molecule has 0 fully saturated rings. The molecular formula is C24H24O5. The fraction of sp³-hybridized carbons (Fsp3) is 0.250. The quantitative estimate of drug-likeness (QED) is 0.232. The topological polar surface area (TPSA) is 65.7 Å². The number of benzene rings is 2. The molecule has 0 saturated carbocycles. The molecule has 0 spiro atoms. The summed E-state index contributed by atoms with van der Waals surface area (Å²) < 4.78 is 16.6. The number of carbonyl (C=O) groups is 2. The minimum absolute atomic E-state index is 0.340. The number of aryl methyl sites for hydroxylation is 2. The zero-order valence-corrected chi connectivity index (χ0v) is 17.0. The summed E-state index contributed by atoms with van der Waals surface area (Å²) in [6.07, 6.45) is 1.47. The molecule has 3 aromatic rings. The number of esters is 2. The van der Waals surface area contributed by atoms with Crippen LogP contribution in [0.4, 0.5) is 0 Å². The molecule has 0 radical (unpaired) electrons. The number of fused-ring (bicyclic) bond motifs is 3. The summed E-state index contributed by atoms with van der Waals surface area (Å²) in [4.78, 5) is 23.3. The Morgan fingerprint density at radius 3 is 2.38 bits per heavy atom. The summed E-state index contributed by atoms with van der Waals surface area (Å²) in [6, 6.07) is 9.73. The van der Waals surface area contributed by atoms with Crippen molar-refractivity contribution in [1.82, 2.24) is 0 Å². The van der Waals surface area contributed by atoms with Crippen LogP contribution in [0.25, 0.3) is 21.9 Å². The summed E-state index contributed by atoms with van der Waals surface area (Å²) >= 11 is 0.